The van der Waals surface area contributed by atoms with Crippen LogP contribution in [0.25, 0.3) is 11.3 Å². The van der Waals surface area contributed by atoms with Crippen LogP contribution in [0, 0.1) is 5.41 Å². The van der Waals surface area contributed by atoms with Gasteiger partial charge in [0.05, 0.1) is 11.4 Å². The molecule has 0 aliphatic heterocycles. The highest BCUT2D eigenvalue weighted by Gasteiger charge is 2.31. The first-order valence-corrected chi connectivity index (χ1v) is 8.35. The maximum absolute atomic E-state index is 12.4. The van der Waals surface area contributed by atoms with Crippen molar-refractivity contribution in [2.24, 2.45) is 5.41 Å². The third-order valence-corrected chi connectivity index (χ3v) is 4.07. The molecular formula is C18H22ClN3O. The molecule has 2 N–H and O–H groups in total. The van der Waals surface area contributed by atoms with E-state index >= 15 is 0 Å². The topological polar surface area (TPSA) is 57.8 Å². The number of amides is 1. The number of carbonyl (C=O) groups excluding carboxylic acids is 1. The molecule has 1 saturated carbocycles. The Kier molecular flexibility index (Phi) is 4.19. The Morgan fingerprint density at radius 1 is 1.39 bits per heavy atom. The molecule has 0 spiro atoms. The average molecular weight is 332 g/mol. The molecule has 4 nitrogen and oxygen atoms in total. The Labute approximate surface area is 141 Å². The summed E-state index contributed by atoms with van der Waals surface area (Å²) in [4.78, 5) is 12.4. The van der Waals surface area contributed by atoms with Gasteiger partial charge in [0.2, 0.25) is 5.91 Å². The first-order chi connectivity index (χ1) is 10.8. The summed E-state index contributed by atoms with van der Waals surface area (Å²) in [5.41, 5.74) is 3.46. The molecule has 122 valence electrons. The van der Waals surface area contributed by atoms with Crippen LogP contribution >= 0.6 is 11.6 Å². The second kappa shape index (κ2) is 6.00. The van der Waals surface area contributed by atoms with Gasteiger partial charge in [0.1, 0.15) is 5.69 Å². The fourth-order valence-electron chi connectivity index (χ4n) is 2.66. The van der Waals surface area contributed by atoms with Crippen LogP contribution in [-0.4, -0.2) is 16.1 Å². The number of H-pyrrole nitrogens is 1. The number of aromatic nitrogens is 2. The minimum atomic E-state index is -0.0518. The molecule has 0 saturated heterocycles. The Morgan fingerprint density at radius 3 is 2.74 bits per heavy atom. The summed E-state index contributed by atoms with van der Waals surface area (Å²) in [6.07, 6.45) is 2.75. The van der Waals surface area contributed by atoms with Crippen molar-refractivity contribution >= 4 is 23.2 Å². The van der Waals surface area contributed by atoms with Gasteiger partial charge >= 0.3 is 0 Å². The van der Waals surface area contributed by atoms with Crippen LogP contribution in [0.3, 0.4) is 0 Å². The predicted molar refractivity (Wildman–Crippen MR) is 93.7 cm³/mol. The van der Waals surface area contributed by atoms with Gasteiger partial charge in [-0.25, -0.2) is 0 Å². The molecule has 0 atom stereocenters. The molecule has 1 heterocycles. The summed E-state index contributed by atoms with van der Waals surface area (Å²) in [6.45, 7) is 6.17. The lowest BCUT2D eigenvalue weighted by Gasteiger charge is -2.17. The van der Waals surface area contributed by atoms with Gasteiger partial charge in [0.15, 0.2) is 0 Å². The van der Waals surface area contributed by atoms with Crippen molar-refractivity contribution in [1.29, 1.82) is 0 Å². The molecule has 1 aromatic heterocycles. The standard InChI is InChI=1S/C18H22ClN3O/c1-18(2,3)10-14(23)20-17-15(11-7-8-11)21-22-16(17)12-5-4-6-13(19)9-12/h4-6,9,11H,7-8,10H2,1-3H3,(H,20,23)(H,21,22). The lowest BCUT2D eigenvalue weighted by atomic mass is 9.92. The molecule has 1 amide bonds. The molecular weight excluding hydrogens is 310 g/mol. The van der Waals surface area contributed by atoms with Crippen molar-refractivity contribution in [3.8, 4) is 11.3 Å². The van der Waals surface area contributed by atoms with Gasteiger partial charge in [-0.2, -0.15) is 5.10 Å². The second-order valence-corrected chi connectivity index (χ2v) is 7.87. The summed E-state index contributed by atoms with van der Waals surface area (Å²) in [5.74, 6) is 0.490. The van der Waals surface area contributed by atoms with E-state index in [4.69, 9.17) is 11.6 Å². The molecule has 0 radical (unpaired) electrons. The number of halogens is 1. The molecule has 0 bridgehead atoms. The summed E-state index contributed by atoms with van der Waals surface area (Å²) < 4.78 is 0. The zero-order chi connectivity index (χ0) is 16.6. The van der Waals surface area contributed by atoms with Crippen molar-refractivity contribution in [2.75, 3.05) is 5.32 Å². The first-order valence-electron chi connectivity index (χ1n) is 7.97. The molecule has 3 rings (SSSR count). The number of nitrogens with one attached hydrogen (secondary N) is 2. The van der Waals surface area contributed by atoms with Crippen molar-refractivity contribution in [3.63, 3.8) is 0 Å². The minimum absolute atomic E-state index is 0.0177. The van der Waals surface area contributed by atoms with E-state index in [1.165, 1.54) is 0 Å². The first kappa shape index (κ1) is 16.1. The third kappa shape index (κ3) is 3.94. The average Bonchev–Trinajstić information content (AvgIpc) is 3.19. The van der Waals surface area contributed by atoms with E-state index in [2.05, 4.69) is 36.3 Å². The van der Waals surface area contributed by atoms with E-state index in [0.717, 1.165) is 35.5 Å². The highest BCUT2D eigenvalue weighted by molar-refractivity contribution is 6.30. The fraction of sp³-hybridized carbons (Fsp3) is 0.444. The van der Waals surface area contributed by atoms with Crippen LogP contribution in [0.4, 0.5) is 5.69 Å². The minimum Gasteiger partial charge on any atom is -0.323 e. The SMILES string of the molecule is CC(C)(C)CC(=O)Nc1c(-c2cccc(Cl)c2)n[nH]c1C1CC1. The van der Waals surface area contributed by atoms with E-state index in [1.54, 1.807) is 0 Å². The van der Waals surface area contributed by atoms with Gasteiger partial charge in [-0.3, -0.25) is 9.89 Å². The largest absolute Gasteiger partial charge is 0.323 e. The lowest BCUT2D eigenvalue weighted by Crippen LogP contribution is -2.20. The number of anilines is 1. The maximum Gasteiger partial charge on any atom is 0.225 e. The maximum atomic E-state index is 12.4. The Hall–Kier alpha value is -1.81. The van der Waals surface area contributed by atoms with E-state index in [1.807, 2.05) is 24.3 Å². The zero-order valence-electron chi connectivity index (χ0n) is 13.7. The van der Waals surface area contributed by atoms with Gasteiger partial charge in [-0.05, 0) is 30.4 Å². The van der Waals surface area contributed by atoms with E-state index in [0.29, 0.717) is 17.4 Å². The number of rotatable bonds is 4. The van der Waals surface area contributed by atoms with Gasteiger partial charge in [0, 0.05) is 22.9 Å². The van der Waals surface area contributed by atoms with E-state index in [9.17, 15) is 4.79 Å². The number of nitrogens with zero attached hydrogens (tertiary/aromatic N) is 1. The number of hydrogen-bond acceptors (Lipinski definition) is 2. The van der Waals surface area contributed by atoms with Crippen molar-refractivity contribution in [3.05, 3.63) is 35.0 Å². The summed E-state index contributed by atoms with van der Waals surface area (Å²) in [6, 6.07) is 7.55. The third-order valence-electron chi connectivity index (χ3n) is 3.83. The van der Waals surface area contributed by atoms with Crippen LogP contribution in [0.15, 0.2) is 24.3 Å². The van der Waals surface area contributed by atoms with Crippen molar-refractivity contribution < 1.29 is 4.79 Å². The van der Waals surface area contributed by atoms with Crippen LogP contribution in [0.1, 0.15) is 51.6 Å². The van der Waals surface area contributed by atoms with Crippen LogP contribution in [0.2, 0.25) is 5.02 Å². The van der Waals surface area contributed by atoms with E-state index < -0.39 is 0 Å². The van der Waals surface area contributed by atoms with Crippen LogP contribution < -0.4 is 5.32 Å². The summed E-state index contributed by atoms with van der Waals surface area (Å²) in [7, 11) is 0. The molecule has 1 aliphatic carbocycles. The molecule has 2 aromatic rings. The molecule has 23 heavy (non-hydrogen) atoms. The second-order valence-electron chi connectivity index (χ2n) is 7.43. The van der Waals surface area contributed by atoms with Crippen LogP contribution in [-0.2, 0) is 4.79 Å². The highest BCUT2D eigenvalue weighted by atomic mass is 35.5. The summed E-state index contributed by atoms with van der Waals surface area (Å²) >= 11 is 6.10. The molecule has 1 fully saturated rings. The molecule has 5 heteroatoms. The highest BCUT2D eigenvalue weighted by Crippen LogP contribution is 2.45. The normalized spacial score (nSPS) is 14.8. The smallest absolute Gasteiger partial charge is 0.225 e. The lowest BCUT2D eigenvalue weighted by molar-refractivity contribution is -0.117. The van der Waals surface area contributed by atoms with Crippen molar-refractivity contribution in [2.45, 2.75) is 46.0 Å². The number of aromatic amines is 1. The quantitative estimate of drug-likeness (QED) is 0.829. The fourth-order valence-corrected chi connectivity index (χ4v) is 2.85. The van der Waals surface area contributed by atoms with Gasteiger partial charge in [-0.1, -0.05) is 44.5 Å². The number of carbonyl (C=O) groups is 1. The Balaban J connectivity index is 1.93. The zero-order valence-corrected chi connectivity index (χ0v) is 14.5. The van der Waals surface area contributed by atoms with Gasteiger partial charge in [0.25, 0.3) is 0 Å². The Bertz CT molecular complexity index is 726. The number of benzene rings is 1. The van der Waals surface area contributed by atoms with E-state index in [-0.39, 0.29) is 11.3 Å². The van der Waals surface area contributed by atoms with Crippen molar-refractivity contribution in [1.82, 2.24) is 10.2 Å². The predicted octanol–water partition coefficient (Wildman–Crippen LogP) is 4.98. The molecule has 1 aromatic carbocycles. The molecule has 1 aliphatic rings. The summed E-state index contributed by atoms with van der Waals surface area (Å²) in [5, 5.41) is 11.3. The van der Waals surface area contributed by atoms with Crippen LogP contribution in [0.5, 0.6) is 0 Å². The monoisotopic (exact) mass is 331 g/mol. The van der Waals surface area contributed by atoms with Gasteiger partial charge < -0.3 is 5.32 Å². The Morgan fingerprint density at radius 2 is 2.13 bits per heavy atom. The molecule has 0 unspecified atom stereocenters. The number of hydrogen-bond donors (Lipinski definition) is 2. The van der Waals surface area contributed by atoms with Gasteiger partial charge in [-0.15, -0.1) is 0 Å².